The fourth-order valence-corrected chi connectivity index (χ4v) is 2.63. The highest BCUT2D eigenvalue weighted by atomic mass is 32.2. The van der Waals surface area contributed by atoms with Gasteiger partial charge in [-0.25, -0.2) is 4.39 Å². The van der Waals surface area contributed by atoms with Crippen LogP contribution in [-0.4, -0.2) is 10.9 Å². The summed E-state index contributed by atoms with van der Waals surface area (Å²) >= 11 is 1.61. The molecule has 0 aliphatic carbocycles. The van der Waals surface area contributed by atoms with Crippen LogP contribution in [0.4, 0.5) is 4.39 Å². The van der Waals surface area contributed by atoms with Crippen LogP contribution in [0.2, 0.25) is 0 Å². The Morgan fingerprint density at radius 1 is 1.47 bits per heavy atom. The minimum absolute atomic E-state index is 0.313. The second kappa shape index (κ2) is 6.13. The first-order valence-electron chi connectivity index (χ1n) is 5.26. The Labute approximate surface area is 94.7 Å². The lowest BCUT2D eigenvalue weighted by Crippen LogP contribution is -1.98. The van der Waals surface area contributed by atoms with E-state index in [1.54, 1.807) is 24.8 Å². The first-order chi connectivity index (χ1) is 7.16. The third-order valence-corrected chi connectivity index (χ3v) is 3.35. The molecule has 1 aromatic carbocycles. The van der Waals surface area contributed by atoms with Gasteiger partial charge in [0, 0.05) is 10.5 Å². The van der Waals surface area contributed by atoms with Crippen LogP contribution in [0, 0.1) is 5.82 Å². The van der Waals surface area contributed by atoms with Crippen LogP contribution in [0.15, 0.2) is 23.1 Å². The van der Waals surface area contributed by atoms with Gasteiger partial charge in [0.1, 0.15) is 5.82 Å². The molecule has 0 radical (unpaired) electrons. The topological polar surface area (TPSA) is 20.2 Å². The van der Waals surface area contributed by atoms with E-state index >= 15 is 0 Å². The average Bonchev–Trinajstić information content (AvgIpc) is 2.17. The zero-order chi connectivity index (χ0) is 11.3. The number of hydrogen-bond acceptors (Lipinski definition) is 2. The minimum atomic E-state index is -0.740. The lowest BCUT2D eigenvalue weighted by atomic mass is 10.1. The van der Waals surface area contributed by atoms with Gasteiger partial charge in [0.05, 0.1) is 6.10 Å². The first-order valence-corrected chi connectivity index (χ1v) is 6.24. The Bertz CT molecular complexity index is 312. The standard InChI is InChI=1S/C12H17FOS/c1-3-4-8-15-11-7-5-6-10(13)12(11)9(2)14/h5-7,9,14H,3-4,8H2,1-2H3/t9-/m0/s1. The summed E-state index contributed by atoms with van der Waals surface area (Å²) in [6, 6.07) is 4.95. The molecule has 0 saturated carbocycles. The summed E-state index contributed by atoms with van der Waals surface area (Å²) in [5.74, 6) is 0.658. The summed E-state index contributed by atoms with van der Waals surface area (Å²) in [6.07, 6.45) is 1.50. The molecule has 0 unspecified atom stereocenters. The number of benzene rings is 1. The second-order valence-electron chi connectivity index (χ2n) is 3.53. The first kappa shape index (κ1) is 12.5. The molecule has 0 amide bonds. The van der Waals surface area contributed by atoms with Gasteiger partial charge in [0.15, 0.2) is 0 Å². The van der Waals surface area contributed by atoms with Crippen LogP contribution in [0.3, 0.4) is 0 Å². The molecule has 0 spiro atoms. The van der Waals surface area contributed by atoms with Crippen molar-refractivity contribution in [3.63, 3.8) is 0 Å². The minimum Gasteiger partial charge on any atom is -0.389 e. The highest BCUT2D eigenvalue weighted by Crippen LogP contribution is 2.30. The van der Waals surface area contributed by atoms with Crippen molar-refractivity contribution in [2.24, 2.45) is 0 Å². The van der Waals surface area contributed by atoms with E-state index < -0.39 is 6.10 Å². The van der Waals surface area contributed by atoms with Gasteiger partial charge in [0.25, 0.3) is 0 Å². The molecule has 15 heavy (non-hydrogen) atoms. The zero-order valence-corrected chi connectivity index (χ0v) is 9.98. The maximum absolute atomic E-state index is 13.4. The van der Waals surface area contributed by atoms with E-state index in [1.165, 1.54) is 6.07 Å². The van der Waals surface area contributed by atoms with Gasteiger partial charge in [-0.05, 0) is 31.2 Å². The van der Waals surface area contributed by atoms with E-state index in [0.29, 0.717) is 5.56 Å². The normalized spacial score (nSPS) is 12.8. The van der Waals surface area contributed by atoms with Crippen molar-refractivity contribution in [2.45, 2.75) is 37.7 Å². The van der Waals surface area contributed by atoms with Crippen molar-refractivity contribution in [3.05, 3.63) is 29.6 Å². The predicted octanol–water partition coefficient (Wildman–Crippen LogP) is 3.77. The molecule has 0 aliphatic heterocycles. The Balaban J connectivity index is 2.81. The van der Waals surface area contributed by atoms with Crippen LogP contribution >= 0.6 is 11.8 Å². The van der Waals surface area contributed by atoms with Crippen molar-refractivity contribution < 1.29 is 9.50 Å². The molecule has 0 fully saturated rings. The molecule has 0 aliphatic rings. The van der Waals surface area contributed by atoms with Gasteiger partial charge < -0.3 is 5.11 Å². The van der Waals surface area contributed by atoms with Gasteiger partial charge in [-0.1, -0.05) is 19.4 Å². The lowest BCUT2D eigenvalue weighted by molar-refractivity contribution is 0.191. The molecular weight excluding hydrogens is 211 g/mol. The van der Waals surface area contributed by atoms with E-state index in [9.17, 15) is 9.50 Å². The van der Waals surface area contributed by atoms with Gasteiger partial charge >= 0.3 is 0 Å². The Morgan fingerprint density at radius 2 is 2.20 bits per heavy atom. The van der Waals surface area contributed by atoms with E-state index in [0.717, 1.165) is 23.5 Å². The van der Waals surface area contributed by atoms with Crippen molar-refractivity contribution in [1.82, 2.24) is 0 Å². The monoisotopic (exact) mass is 228 g/mol. The van der Waals surface area contributed by atoms with Gasteiger partial charge in [-0.15, -0.1) is 11.8 Å². The Morgan fingerprint density at radius 3 is 2.80 bits per heavy atom. The number of aliphatic hydroxyl groups excluding tert-OH is 1. The van der Waals surface area contributed by atoms with Crippen LogP contribution in [0.1, 0.15) is 38.4 Å². The van der Waals surface area contributed by atoms with Crippen molar-refractivity contribution in [2.75, 3.05) is 5.75 Å². The summed E-state index contributed by atoms with van der Waals surface area (Å²) in [4.78, 5) is 0.860. The quantitative estimate of drug-likeness (QED) is 0.611. The molecule has 3 heteroatoms. The van der Waals surface area contributed by atoms with E-state index in [2.05, 4.69) is 6.92 Å². The third kappa shape index (κ3) is 3.50. The van der Waals surface area contributed by atoms with Crippen LogP contribution in [0.25, 0.3) is 0 Å². The number of halogens is 1. The highest BCUT2D eigenvalue weighted by Gasteiger charge is 2.13. The summed E-state index contributed by atoms with van der Waals surface area (Å²) in [5.41, 5.74) is 0.429. The molecule has 0 heterocycles. The number of unbranched alkanes of at least 4 members (excludes halogenated alkanes) is 1. The van der Waals surface area contributed by atoms with E-state index in [-0.39, 0.29) is 5.82 Å². The predicted molar refractivity (Wildman–Crippen MR) is 62.7 cm³/mol. The fourth-order valence-electron chi connectivity index (χ4n) is 1.38. The molecule has 1 nitrogen and oxygen atoms in total. The Kier molecular flexibility index (Phi) is 5.12. The highest BCUT2D eigenvalue weighted by molar-refractivity contribution is 7.99. The van der Waals surface area contributed by atoms with Crippen molar-refractivity contribution in [3.8, 4) is 0 Å². The maximum atomic E-state index is 13.4. The lowest BCUT2D eigenvalue weighted by Gasteiger charge is -2.12. The number of rotatable bonds is 5. The fraction of sp³-hybridized carbons (Fsp3) is 0.500. The van der Waals surface area contributed by atoms with Gasteiger partial charge in [0.2, 0.25) is 0 Å². The summed E-state index contributed by atoms with van der Waals surface area (Å²) in [7, 11) is 0. The van der Waals surface area contributed by atoms with Crippen molar-refractivity contribution >= 4 is 11.8 Å². The zero-order valence-electron chi connectivity index (χ0n) is 9.16. The smallest absolute Gasteiger partial charge is 0.130 e. The molecule has 0 aromatic heterocycles. The Hall–Kier alpha value is -0.540. The largest absolute Gasteiger partial charge is 0.389 e. The molecule has 1 aromatic rings. The molecule has 1 N–H and O–H groups in total. The van der Waals surface area contributed by atoms with E-state index in [1.807, 2.05) is 6.07 Å². The van der Waals surface area contributed by atoms with Crippen LogP contribution < -0.4 is 0 Å². The molecule has 0 bridgehead atoms. The van der Waals surface area contributed by atoms with Crippen LogP contribution in [-0.2, 0) is 0 Å². The number of hydrogen-bond donors (Lipinski definition) is 1. The van der Waals surface area contributed by atoms with Crippen molar-refractivity contribution in [1.29, 1.82) is 0 Å². The number of aliphatic hydroxyl groups is 1. The average molecular weight is 228 g/mol. The van der Waals surface area contributed by atoms with Gasteiger partial charge in [-0.3, -0.25) is 0 Å². The van der Waals surface area contributed by atoms with Crippen LogP contribution in [0.5, 0.6) is 0 Å². The summed E-state index contributed by atoms with van der Waals surface area (Å²) < 4.78 is 13.4. The maximum Gasteiger partial charge on any atom is 0.130 e. The van der Waals surface area contributed by atoms with Gasteiger partial charge in [-0.2, -0.15) is 0 Å². The molecule has 1 atom stereocenters. The second-order valence-corrected chi connectivity index (χ2v) is 4.67. The molecule has 84 valence electrons. The SMILES string of the molecule is CCCCSc1cccc(F)c1[C@H](C)O. The molecule has 1 rings (SSSR count). The number of thioether (sulfide) groups is 1. The molecular formula is C12H17FOS. The molecule has 0 saturated heterocycles. The third-order valence-electron chi connectivity index (χ3n) is 2.19. The van der Waals surface area contributed by atoms with E-state index in [4.69, 9.17) is 0 Å². The summed E-state index contributed by atoms with van der Waals surface area (Å²) in [5, 5.41) is 9.49. The summed E-state index contributed by atoms with van der Waals surface area (Å²) in [6.45, 7) is 3.73.